The van der Waals surface area contributed by atoms with Crippen LogP contribution in [0.15, 0.2) is 58.2 Å². The van der Waals surface area contributed by atoms with E-state index in [1.807, 2.05) is 0 Å². The first-order valence-electron chi connectivity index (χ1n) is 7.69. The normalized spacial score (nSPS) is 11.0. The number of hydrogen-bond donors (Lipinski definition) is 1. The van der Waals surface area contributed by atoms with Crippen LogP contribution in [0.5, 0.6) is 0 Å². The van der Waals surface area contributed by atoms with Crippen LogP contribution in [-0.4, -0.2) is 32.8 Å². The van der Waals surface area contributed by atoms with Gasteiger partial charge in [-0.2, -0.15) is 5.10 Å². The number of halogens is 1. The Labute approximate surface area is 147 Å². The molecule has 1 aromatic carbocycles. The summed E-state index contributed by atoms with van der Waals surface area (Å²) in [4.78, 5) is 18.4. The number of aromatic nitrogens is 5. The third-order valence-electron chi connectivity index (χ3n) is 3.83. The van der Waals surface area contributed by atoms with E-state index in [4.69, 9.17) is 12.4 Å². The topological polar surface area (TPSA) is 89.6 Å². The van der Waals surface area contributed by atoms with Crippen molar-refractivity contribution in [2.24, 2.45) is 0 Å². The second-order valence-electron chi connectivity index (χ2n) is 5.56. The second-order valence-corrected chi connectivity index (χ2v) is 5.56. The molecule has 0 aliphatic carbocycles. The fraction of sp³-hybridized carbons (Fsp3) is 0.0588. The maximum Gasteiger partial charge on any atom is 0.243 e. The standard InChI is InChI=1S/C17H11BFN5O2/c18-11-8-20-16(21-17(11)25)14-7-15(13-5-6-26-23-13)24(22-14)9-10-3-1-2-4-12(10)19/h1-8H,9H2,(H,20,21,25). The molecule has 9 heteroatoms. The first kappa shape index (κ1) is 16.0. The van der Waals surface area contributed by atoms with Crippen molar-refractivity contribution in [3.8, 4) is 22.9 Å². The maximum absolute atomic E-state index is 14.0. The van der Waals surface area contributed by atoms with E-state index in [9.17, 15) is 9.18 Å². The highest BCUT2D eigenvalue weighted by atomic mass is 19.1. The van der Waals surface area contributed by atoms with Crippen molar-refractivity contribution >= 4 is 13.3 Å². The molecule has 126 valence electrons. The van der Waals surface area contributed by atoms with Crippen LogP contribution in [-0.2, 0) is 6.54 Å². The van der Waals surface area contributed by atoms with Crippen LogP contribution in [0.25, 0.3) is 22.9 Å². The Hall–Kier alpha value is -3.49. The van der Waals surface area contributed by atoms with Crippen LogP contribution in [0.4, 0.5) is 4.39 Å². The minimum absolute atomic E-state index is 0.0104. The highest BCUT2D eigenvalue weighted by Crippen LogP contribution is 2.24. The molecule has 0 amide bonds. The van der Waals surface area contributed by atoms with Gasteiger partial charge >= 0.3 is 0 Å². The van der Waals surface area contributed by atoms with E-state index in [2.05, 4.69) is 20.2 Å². The smallest absolute Gasteiger partial charge is 0.243 e. The average molecular weight is 347 g/mol. The van der Waals surface area contributed by atoms with Crippen molar-refractivity contribution in [2.45, 2.75) is 6.54 Å². The zero-order chi connectivity index (χ0) is 18.1. The van der Waals surface area contributed by atoms with Gasteiger partial charge in [0.25, 0.3) is 0 Å². The highest BCUT2D eigenvalue weighted by molar-refractivity contribution is 6.31. The van der Waals surface area contributed by atoms with E-state index in [1.165, 1.54) is 18.5 Å². The maximum atomic E-state index is 14.0. The van der Waals surface area contributed by atoms with Gasteiger partial charge in [0.1, 0.15) is 31.3 Å². The van der Waals surface area contributed by atoms with Crippen molar-refractivity contribution in [1.82, 2.24) is 24.9 Å². The Morgan fingerprint density at radius 1 is 1.23 bits per heavy atom. The van der Waals surface area contributed by atoms with E-state index in [0.29, 0.717) is 22.6 Å². The molecule has 1 N–H and O–H groups in total. The van der Waals surface area contributed by atoms with Crippen LogP contribution in [0.2, 0.25) is 0 Å². The predicted octanol–water partition coefficient (Wildman–Crippen LogP) is 1.27. The number of aromatic amines is 1. The summed E-state index contributed by atoms with van der Waals surface area (Å²) in [5, 5.41) is 8.35. The van der Waals surface area contributed by atoms with E-state index >= 15 is 0 Å². The molecule has 26 heavy (non-hydrogen) atoms. The van der Waals surface area contributed by atoms with E-state index in [0.717, 1.165) is 0 Å². The number of benzene rings is 1. The van der Waals surface area contributed by atoms with Gasteiger partial charge in [-0.1, -0.05) is 23.4 Å². The molecular formula is C17H11BFN5O2. The molecule has 0 bridgehead atoms. The summed E-state index contributed by atoms with van der Waals surface area (Å²) in [5.74, 6) is -0.0871. The summed E-state index contributed by atoms with van der Waals surface area (Å²) < 4.78 is 20.5. The summed E-state index contributed by atoms with van der Waals surface area (Å²) in [6.45, 7) is 0.175. The van der Waals surface area contributed by atoms with E-state index in [1.54, 1.807) is 35.0 Å². The number of hydrogen-bond acceptors (Lipinski definition) is 5. The van der Waals surface area contributed by atoms with Gasteiger partial charge in [0.05, 0.1) is 12.2 Å². The van der Waals surface area contributed by atoms with Gasteiger partial charge in [-0.05, 0) is 17.6 Å². The van der Waals surface area contributed by atoms with Crippen LogP contribution >= 0.6 is 0 Å². The summed E-state index contributed by atoms with van der Waals surface area (Å²) in [7, 11) is 5.50. The molecule has 0 atom stereocenters. The van der Waals surface area contributed by atoms with Gasteiger partial charge in [0.2, 0.25) is 5.56 Å². The quantitative estimate of drug-likeness (QED) is 0.562. The van der Waals surface area contributed by atoms with Gasteiger partial charge in [0, 0.05) is 17.8 Å². The van der Waals surface area contributed by atoms with Crippen molar-refractivity contribution in [2.75, 3.05) is 0 Å². The Balaban J connectivity index is 1.82. The lowest BCUT2D eigenvalue weighted by molar-refractivity contribution is 0.421. The average Bonchev–Trinajstić information content (AvgIpc) is 3.29. The minimum atomic E-state index is -0.457. The molecule has 7 nitrogen and oxygen atoms in total. The molecular weight excluding hydrogens is 336 g/mol. The predicted molar refractivity (Wildman–Crippen MR) is 92.5 cm³/mol. The number of nitrogens with zero attached hydrogens (tertiary/aromatic N) is 4. The van der Waals surface area contributed by atoms with Gasteiger partial charge in [0.15, 0.2) is 5.82 Å². The van der Waals surface area contributed by atoms with Gasteiger partial charge in [-0.15, -0.1) is 0 Å². The number of rotatable bonds is 4. The largest absolute Gasteiger partial charge is 0.364 e. The lowest BCUT2D eigenvalue weighted by Crippen LogP contribution is -2.28. The number of H-pyrrole nitrogens is 1. The SMILES string of the molecule is [B]c1cnc(-c2cc(-c3ccon3)n(Cc3ccccc3F)n2)[nH]c1=O. The monoisotopic (exact) mass is 347 g/mol. The van der Waals surface area contributed by atoms with Crippen molar-refractivity contribution in [3.63, 3.8) is 0 Å². The molecule has 0 spiro atoms. The van der Waals surface area contributed by atoms with Crippen LogP contribution in [0.3, 0.4) is 0 Å². The van der Waals surface area contributed by atoms with Crippen molar-refractivity contribution < 1.29 is 8.91 Å². The zero-order valence-electron chi connectivity index (χ0n) is 13.4. The third kappa shape index (κ3) is 2.94. The van der Waals surface area contributed by atoms with Crippen LogP contribution in [0.1, 0.15) is 5.56 Å². The Morgan fingerprint density at radius 2 is 2.08 bits per heavy atom. The first-order valence-corrected chi connectivity index (χ1v) is 7.69. The molecule has 0 aliphatic heterocycles. The molecule has 0 unspecified atom stereocenters. The van der Waals surface area contributed by atoms with Gasteiger partial charge < -0.3 is 9.51 Å². The zero-order valence-corrected chi connectivity index (χ0v) is 13.4. The molecule has 4 aromatic rings. The summed E-state index contributed by atoms with van der Waals surface area (Å²) in [6.07, 6.45) is 2.69. The molecule has 0 fully saturated rings. The Kier molecular flexibility index (Phi) is 3.96. The van der Waals surface area contributed by atoms with Gasteiger partial charge in [-0.25, -0.2) is 9.37 Å². The molecule has 3 aromatic heterocycles. The molecule has 2 radical (unpaired) electrons. The second kappa shape index (κ2) is 6.43. The Bertz CT molecular complexity index is 1120. The molecule has 3 heterocycles. The lowest BCUT2D eigenvalue weighted by atomic mass is 10.0. The van der Waals surface area contributed by atoms with Crippen LogP contribution < -0.4 is 11.0 Å². The van der Waals surface area contributed by atoms with E-state index < -0.39 is 5.56 Å². The van der Waals surface area contributed by atoms with Gasteiger partial charge in [-0.3, -0.25) is 9.48 Å². The summed E-state index contributed by atoms with van der Waals surface area (Å²) in [5.41, 5.74) is 1.54. The summed E-state index contributed by atoms with van der Waals surface area (Å²) in [6, 6.07) is 9.78. The van der Waals surface area contributed by atoms with Crippen molar-refractivity contribution in [3.05, 3.63) is 70.6 Å². The molecule has 0 saturated heterocycles. The molecule has 0 aliphatic rings. The fourth-order valence-corrected chi connectivity index (χ4v) is 2.53. The first-order chi connectivity index (χ1) is 12.6. The fourth-order valence-electron chi connectivity index (χ4n) is 2.53. The highest BCUT2D eigenvalue weighted by Gasteiger charge is 2.16. The van der Waals surface area contributed by atoms with E-state index in [-0.39, 0.29) is 23.6 Å². The summed E-state index contributed by atoms with van der Waals surface area (Å²) >= 11 is 0. The molecule has 0 saturated carbocycles. The minimum Gasteiger partial charge on any atom is -0.364 e. The van der Waals surface area contributed by atoms with Crippen molar-refractivity contribution in [1.29, 1.82) is 0 Å². The Morgan fingerprint density at radius 3 is 2.81 bits per heavy atom. The molecule has 4 rings (SSSR count). The van der Waals surface area contributed by atoms with Crippen LogP contribution in [0, 0.1) is 5.82 Å². The third-order valence-corrected chi connectivity index (χ3v) is 3.83. The number of nitrogens with one attached hydrogen (secondary N) is 1. The lowest BCUT2D eigenvalue weighted by Gasteiger charge is -2.06.